The van der Waals surface area contributed by atoms with Gasteiger partial charge in [-0.25, -0.2) is 4.39 Å². The lowest BCUT2D eigenvalue weighted by Crippen LogP contribution is -2.70. The number of carbonyl (C=O) groups is 3. The lowest BCUT2D eigenvalue weighted by Gasteiger charge is -2.52. The molecule has 10 heteroatoms. The summed E-state index contributed by atoms with van der Waals surface area (Å²) in [5.74, 6) is -10.3. The number of rotatable bonds is 3. The van der Waals surface area contributed by atoms with Crippen LogP contribution < -0.4 is 5.73 Å². The van der Waals surface area contributed by atoms with Gasteiger partial charge in [-0.3, -0.25) is 14.4 Å². The molecule has 0 aliphatic heterocycles. The summed E-state index contributed by atoms with van der Waals surface area (Å²) in [7, 11) is 0. The van der Waals surface area contributed by atoms with Gasteiger partial charge in [-0.2, -0.15) is 0 Å². The number of nitrogens with two attached hydrogens (primary N) is 1. The predicted octanol–water partition coefficient (Wildman–Crippen LogP) is 1.43. The van der Waals surface area contributed by atoms with Gasteiger partial charge in [0.15, 0.2) is 11.4 Å². The Bertz CT molecular complexity index is 1430. The molecule has 0 saturated heterocycles. The normalized spacial score (nSPS) is 32.7. The number of primary amides is 1. The lowest BCUT2D eigenvalue weighted by atomic mass is 9.53. The number of hydrogen-bond donors (Lipinski definition) is 6. The molecule has 2 saturated carbocycles. The molecule has 0 radical (unpaired) electrons. The molecule has 38 heavy (non-hydrogen) atoms. The van der Waals surface area contributed by atoms with Crippen LogP contribution >= 0.6 is 0 Å². The number of aliphatic hydroxyl groups is 4. The molecule has 7 N–H and O–H groups in total. The van der Waals surface area contributed by atoms with Crippen LogP contribution in [0.3, 0.4) is 0 Å². The zero-order valence-electron chi connectivity index (χ0n) is 20.2. The van der Waals surface area contributed by atoms with E-state index >= 15 is 0 Å². The second-order valence-electron chi connectivity index (χ2n) is 10.2. The fourth-order valence-electron chi connectivity index (χ4n) is 6.21. The molecule has 2 fully saturated rings. The van der Waals surface area contributed by atoms with Crippen LogP contribution in [0.25, 0.3) is 17.9 Å². The van der Waals surface area contributed by atoms with Crippen molar-refractivity contribution in [3.63, 3.8) is 0 Å². The summed E-state index contributed by atoms with van der Waals surface area (Å²) >= 11 is 0. The van der Waals surface area contributed by atoms with Crippen molar-refractivity contribution < 1.29 is 44.3 Å². The molecule has 0 bridgehead atoms. The Morgan fingerprint density at radius 3 is 2.37 bits per heavy atom. The molecule has 1 amide bonds. The van der Waals surface area contributed by atoms with E-state index in [4.69, 9.17) is 5.73 Å². The Hall–Kier alpha value is -3.86. The molecule has 3 aliphatic rings. The second-order valence-corrected chi connectivity index (χ2v) is 10.2. The Kier molecular flexibility index (Phi) is 6.01. The van der Waals surface area contributed by atoms with E-state index in [2.05, 4.69) is 0 Å². The number of fused-ring (bicyclic) bond motifs is 3. The van der Waals surface area contributed by atoms with Crippen molar-refractivity contribution >= 4 is 35.4 Å². The van der Waals surface area contributed by atoms with E-state index in [1.165, 1.54) is 30.3 Å². The minimum Gasteiger partial charge on any atom is -0.507 e. The van der Waals surface area contributed by atoms with E-state index < -0.39 is 82.5 Å². The number of phenols is 1. The Morgan fingerprint density at radius 1 is 1.08 bits per heavy atom. The predicted molar refractivity (Wildman–Crippen MR) is 133 cm³/mol. The van der Waals surface area contributed by atoms with Crippen LogP contribution in [-0.2, 0) is 14.4 Å². The first-order chi connectivity index (χ1) is 17.9. The summed E-state index contributed by atoms with van der Waals surface area (Å²) < 4.78 is 13.2. The molecule has 9 nitrogen and oxygen atoms in total. The molecule has 0 aromatic heterocycles. The van der Waals surface area contributed by atoms with Gasteiger partial charge in [0.25, 0.3) is 0 Å². The first-order valence-electron chi connectivity index (χ1n) is 12.1. The summed E-state index contributed by atoms with van der Waals surface area (Å²) in [5, 5.41) is 55.4. The van der Waals surface area contributed by atoms with Crippen LogP contribution in [0, 0.1) is 23.6 Å². The van der Waals surface area contributed by atoms with Gasteiger partial charge in [0.1, 0.15) is 23.2 Å². The molecule has 3 aliphatic carbocycles. The summed E-state index contributed by atoms with van der Waals surface area (Å²) in [4.78, 5) is 38.7. The van der Waals surface area contributed by atoms with Crippen molar-refractivity contribution in [2.45, 2.75) is 37.1 Å². The van der Waals surface area contributed by atoms with Gasteiger partial charge in [0, 0.05) is 23.0 Å². The molecule has 0 spiro atoms. The average molecular weight is 524 g/mol. The number of phenolic OH excluding ortho intramolecular Hbond substituents is 1. The van der Waals surface area contributed by atoms with Gasteiger partial charge in [-0.15, -0.1) is 0 Å². The van der Waals surface area contributed by atoms with Crippen molar-refractivity contribution in [3.05, 3.63) is 70.0 Å². The van der Waals surface area contributed by atoms with Gasteiger partial charge in [0.2, 0.25) is 11.7 Å². The van der Waals surface area contributed by atoms with Crippen molar-refractivity contribution in [1.82, 2.24) is 0 Å². The standard InChI is InChI=1S/C28H26FNO8/c1-11-15-9-6-13(5-2-12-3-7-14(29)8-4-12)22(32)19(15)24(34)21-18(11)23(33)16-10-17(31)20(27(30)37)25(35)28(16,38)26(21)36/h2-9,11,16-18,20,23,31-34,38H,10H2,1H3,(H2,30,37)/b5-2+/t11-,16+,17?,18+,20?,23+,28+/m0/s1. The number of ketones is 2. The minimum absolute atomic E-state index is 0.0950. The zero-order valence-corrected chi connectivity index (χ0v) is 20.2. The van der Waals surface area contributed by atoms with Gasteiger partial charge in [-0.1, -0.05) is 43.3 Å². The molecule has 7 atom stereocenters. The minimum atomic E-state index is -2.90. The molecular weight excluding hydrogens is 497 g/mol. The summed E-state index contributed by atoms with van der Waals surface area (Å²) in [6.45, 7) is 1.66. The first-order valence-corrected chi connectivity index (χ1v) is 12.1. The highest BCUT2D eigenvalue weighted by Crippen LogP contribution is 2.55. The van der Waals surface area contributed by atoms with Crippen LogP contribution in [0.4, 0.5) is 4.39 Å². The van der Waals surface area contributed by atoms with E-state index in [0.29, 0.717) is 11.1 Å². The van der Waals surface area contributed by atoms with Crippen LogP contribution in [0.5, 0.6) is 5.75 Å². The van der Waals surface area contributed by atoms with E-state index in [-0.39, 0.29) is 16.9 Å². The maximum absolute atomic E-state index is 13.7. The monoisotopic (exact) mass is 523 g/mol. The first kappa shape index (κ1) is 25.8. The van der Waals surface area contributed by atoms with Crippen LogP contribution in [0.15, 0.2) is 42.0 Å². The number of halogens is 1. The Balaban J connectivity index is 1.63. The highest BCUT2D eigenvalue weighted by Gasteiger charge is 2.67. The third-order valence-corrected chi connectivity index (χ3v) is 8.17. The molecule has 5 rings (SSSR count). The smallest absolute Gasteiger partial charge is 0.230 e. The average Bonchev–Trinajstić information content (AvgIpc) is 2.86. The van der Waals surface area contributed by atoms with E-state index in [1.54, 1.807) is 25.1 Å². The van der Waals surface area contributed by atoms with Crippen molar-refractivity contribution in [2.75, 3.05) is 0 Å². The highest BCUT2D eigenvalue weighted by molar-refractivity contribution is 6.25. The van der Waals surface area contributed by atoms with Crippen molar-refractivity contribution in [2.24, 2.45) is 23.5 Å². The Labute approximate surface area is 216 Å². The number of aromatic hydroxyl groups is 1. The van der Waals surface area contributed by atoms with Crippen LogP contribution in [0.2, 0.25) is 0 Å². The third kappa shape index (κ3) is 3.52. The van der Waals surface area contributed by atoms with Gasteiger partial charge in [-0.05, 0) is 35.6 Å². The number of Topliss-reactive ketones (excluding diaryl/α,β-unsaturated/α-hetero) is 2. The van der Waals surface area contributed by atoms with E-state index in [0.717, 1.165) is 0 Å². The number of hydrogen-bond acceptors (Lipinski definition) is 8. The molecule has 2 unspecified atom stereocenters. The highest BCUT2D eigenvalue weighted by atomic mass is 19.1. The maximum atomic E-state index is 13.7. The third-order valence-electron chi connectivity index (χ3n) is 8.17. The quantitative estimate of drug-likeness (QED) is 0.258. The van der Waals surface area contributed by atoms with Crippen LogP contribution in [0.1, 0.15) is 41.5 Å². The largest absolute Gasteiger partial charge is 0.507 e. The summed E-state index contributed by atoms with van der Waals surface area (Å²) in [5.41, 5.74) is 3.12. The zero-order chi connectivity index (χ0) is 27.7. The Morgan fingerprint density at radius 2 is 1.74 bits per heavy atom. The fraction of sp³-hybridized carbons (Fsp3) is 0.321. The van der Waals surface area contributed by atoms with E-state index in [9.17, 15) is 44.3 Å². The molecule has 0 heterocycles. The molecule has 2 aromatic rings. The second kappa shape index (κ2) is 8.87. The lowest BCUT2D eigenvalue weighted by molar-refractivity contribution is -0.186. The van der Waals surface area contributed by atoms with Crippen LogP contribution in [-0.4, -0.2) is 60.8 Å². The summed E-state index contributed by atoms with van der Waals surface area (Å²) in [6, 6.07) is 8.82. The fourth-order valence-corrected chi connectivity index (χ4v) is 6.21. The summed E-state index contributed by atoms with van der Waals surface area (Å²) in [6.07, 6.45) is -0.449. The topological polar surface area (TPSA) is 178 Å². The van der Waals surface area contributed by atoms with Gasteiger partial charge in [0.05, 0.1) is 17.8 Å². The number of benzene rings is 2. The molecule has 2 aromatic carbocycles. The van der Waals surface area contributed by atoms with Gasteiger partial charge >= 0.3 is 0 Å². The maximum Gasteiger partial charge on any atom is 0.230 e. The van der Waals surface area contributed by atoms with Crippen molar-refractivity contribution in [3.8, 4) is 5.75 Å². The SMILES string of the molecule is C[C@H]1c2ccc(/C=C/c3ccc(F)cc3)c(O)c2C(O)=C2C(=O)[C@]3(O)C(=O)C(C(N)=O)C(O)C[C@@H]3[C@@H](O)[C@@H]21. The number of carbonyl (C=O) groups excluding carboxylic acids is 3. The van der Waals surface area contributed by atoms with Crippen molar-refractivity contribution in [1.29, 1.82) is 0 Å². The molecular formula is C28H26FNO8. The van der Waals surface area contributed by atoms with E-state index in [1.807, 2.05) is 0 Å². The number of amides is 1. The number of aliphatic hydroxyl groups excluding tert-OH is 3. The molecule has 198 valence electrons. The van der Waals surface area contributed by atoms with Gasteiger partial charge < -0.3 is 31.3 Å².